The number of pyridine rings is 1. The minimum Gasteiger partial charge on any atom is -0.321 e. The molecule has 1 saturated heterocycles. The van der Waals surface area contributed by atoms with Crippen molar-refractivity contribution in [2.45, 2.75) is 32.4 Å². The Hall–Kier alpha value is -3.27. The van der Waals surface area contributed by atoms with Crippen molar-refractivity contribution in [2.75, 3.05) is 13.1 Å². The number of allylic oxidation sites excluding steroid dienone is 2. The number of Topliss-reactive ketones (excluding diaryl/α,β-unsaturated/α-hetero) is 1. The second kappa shape index (κ2) is 5.86. The Morgan fingerprint density at radius 1 is 1.39 bits per heavy atom. The highest BCUT2D eigenvalue weighted by atomic mass is 16.2. The van der Waals surface area contributed by atoms with Gasteiger partial charge in [0.1, 0.15) is 0 Å². The number of fused-ring (bicyclic) bond motifs is 2. The van der Waals surface area contributed by atoms with Crippen molar-refractivity contribution in [1.29, 1.82) is 0 Å². The molecule has 7 heteroatoms. The number of nitrogens with one attached hydrogen (secondary N) is 1. The number of ketones is 1. The number of aromatic amines is 1. The maximum Gasteiger partial charge on any atom is 0.294 e. The minimum absolute atomic E-state index is 0.00741. The molecular formula is C21H20N5O2+. The number of amides is 1. The smallest absolute Gasteiger partial charge is 0.294 e. The lowest BCUT2D eigenvalue weighted by molar-refractivity contribution is -0.768. The molecule has 1 fully saturated rings. The second-order valence-corrected chi connectivity index (χ2v) is 7.95. The third-order valence-electron chi connectivity index (χ3n) is 5.91. The van der Waals surface area contributed by atoms with Gasteiger partial charge in [-0.15, -0.1) is 0 Å². The van der Waals surface area contributed by atoms with Crippen LogP contribution in [-0.2, 0) is 11.2 Å². The minimum atomic E-state index is -0.510. The van der Waals surface area contributed by atoms with Gasteiger partial charge in [0.25, 0.3) is 29.5 Å². The van der Waals surface area contributed by atoms with Gasteiger partial charge >= 0.3 is 0 Å². The van der Waals surface area contributed by atoms with Crippen LogP contribution in [0.3, 0.4) is 0 Å². The van der Waals surface area contributed by atoms with E-state index in [9.17, 15) is 9.59 Å². The van der Waals surface area contributed by atoms with Gasteiger partial charge in [0.05, 0.1) is 30.5 Å². The summed E-state index contributed by atoms with van der Waals surface area (Å²) in [5.74, 6) is -0.109. The van der Waals surface area contributed by atoms with Crippen LogP contribution in [0.25, 0.3) is 21.5 Å². The summed E-state index contributed by atoms with van der Waals surface area (Å²) >= 11 is 0. The Kier molecular flexibility index (Phi) is 3.53. The number of carbonyl (C=O) groups excluding carboxylic acids is 2. The molecule has 7 nitrogen and oxygen atoms in total. The first-order valence-electron chi connectivity index (χ1n) is 9.53. The molecule has 1 amide bonds. The Morgan fingerprint density at radius 2 is 2.18 bits per heavy atom. The molecule has 1 atom stereocenters. The first-order chi connectivity index (χ1) is 13.5. The first kappa shape index (κ1) is 16.9. The molecule has 1 unspecified atom stereocenters. The number of hydrogen-bond donors (Lipinski definition) is 1. The number of likely N-dealkylation sites (tertiary alicyclic amines) is 1. The lowest BCUT2D eigenvalue weighted by Gasteiger charge is -2.33. The number of hydrogen-bond acceptors (Lipinski definition) is 3. The van der Waals surface area contributed by atoms with Crippen LogP contribution in [0.2, 0.25) is 0 Å². The maximum absolute atomic E-state index is 13.3. The zero-order valence-corrected chi connectivity index (χ0v) is 15.8. The molecule has 5 rings (SSSR count). The lowest BCUT2D eigenvalue weighted by atomic mass is 9.86. The van der Waals surface area contributed by atoms with E-state index in [2.05, 4.69) is 14.9 Å². The predicted molar refractivity (Wildman–Crippen MR) is 101 cm³/mol. The Labute approximate surface area is 162 Å². The Bertz CT molecular complexity index is 1100. The average molecular weight is 374 g/mol. The summed E-state index contributed by atoms with van der Waals surface area (Å²) in [7, 11) is 0. The van der Waals surface area contributed by atoms with Gasteiger partial charge in [-0.3, -0.25) is 14.6 Å². The van der Waals surface area contributed by atoms with Crippen molar-refractivity contribution < 1.29 is 14.3 Å². The molecule has 0 bridgehead atoms. The van der Waals surface area contributed by atoms with Crippen LogP contribution in [-0.4, -0.2) is 45.8 Å². The summed E-state index contributed by atoms with van der Waals surface area (Å²) in [6, 6.07) is 1.32. The molecule has 0 radical (unpaired) electrons. The Balaban J connectivity index is 1.60. The number of H-pyrrole nitrogens is 1. The van der Waals surface area contributed by atoms with Gasteiger partial charge in [0.2, 0.25) is 0 Å². The van der Waals surface area contributed by atoms with Gasteiger partial charge < -0.3 is 9.74 Å². The van der Waals surface area contributed by atoms with Crippen molar-refractivity contribution in [1.82, 2.24) is 15.0 Å². The fourth-order valence-electron chi connectivity index (χ4n) is 4.47. The largest absolute Gasteiger partial charge is 0.321 e. The normalized spacial score (nSPS) is 18.3. The molecule has 2 aromatic rings. The highest BCUT2D eigenvalue weighted by Gasteiger charge is 2.48. The zero-order valence-electron chi connectivity index (χ0n) is 15.8. The molecule has 2 aliphatic carbocycles. The number of rotatable bonds is 3. The van der Waals surface area contributed by atoms with E-state index in [0.29, 0.717) is 30.8 Å². The van der Waals surface area contributed by atoms with E-state index in [0.717, 1.165) is 22.4 Å². The van der Waals surface area contributed by atoms with Gasteiger partial charge in [0, 0.05) is 35.2 Å². The number of nitrogens with zero attached hydrogens (tertiary/aromatic N) is 4. The van der Waals surface area contributed by atoms with Gasteiger partial charge in [-0.05, 0) is 6.07 Å². The molecule has 1 N–H and O–H groups in total. The molecule has 140 valence electrons. The quantitative estimate of drug-likeness (QED) is 0.658. The highest BCUT2D eigenvalue weighted by molar-refractivity contribution is 6.34. The van der Waals surface area contributed by atoms with E-state index in [-0.39, 0.29) is 23.7 Å². The first-order valence-corrected chi connectivity index (χ1v) is 9.53. The standard InChI is InChI=1S/C21H19N5O2/c1-11(2)18(21(28)25-9-12(10-25)22-3)26-19-15(8-24-26)13-6-7-23-16-5-4-14(17(13)16)20(19)27/h4,6-8,11-12,18H,5,9-10H2,1-2H3/p+1. The summed E-state index contributed by atoms with van der Waals surface area (Å²) in [6.45, 7) is 12.0. The summed E-state index contributed by atoms with van der Waals surface area (Å²) in [6.07, 6.45) is 6.19. The molecule has 0 spiro atoms. The monoisotopic (exact) mass is 374 g/mol. The van der Waals surface area contributed by atoms with Crippen molar-refractivity contribution in [3.63, 3.8) is 0 Å². The van der Waals surface area contributed by atoms with Crippen LogP contribution in [0.5, 0.6) is 0 Å². The van der Waals surface area contributed by atoms with E-state index < -0.39 is 6.04 Å². The van der Waals surface area contributed by atoms with Gasteiger partial charge in [-0.1, -0.05) is 24.6 Å². The van der Waals surface area contributed by atoms with E-state index >= 15 is 0 Å². The summed E-state index contributed by atoms with van der Waals surface area (Å²) in [5, 5.41) is 3.18. The second-order valence-electron chi connectivity index (χ2n) is 7.95. The maximum atomic E-state index is 13.3. The summed E-state index contributed by atoms with van der Waals surface area (Å²) in [4.78, 5) is 36.1. The van der Waals surface area contributed by atoms with E-state index in [1.165, 1.54) is 0 Å². The van der Waals surface area contributed by atoms with Crippen LogP contribution in [0, 0.1) is 12.5 Å². The Morgan fingerprint density at radius 3 is 2.89 bits per heavy atom. The van der Waals surface area contributed by atoms with Crippen molar-refractivity contribution in [2.24, 2.45) is 5.92 Å². The van der Waals surface area contributed by atoms with Gasteiger partial charge in [0.15, 0.2) is 0 Å². The number of aromatic nitrogens is 3. The van der Waals surface area contributed by atoms with Gasteiger partial charge in [-0.2, -0.15) is 5.10 Å². The van der Waals surface area contributed by atoms with Crippen LogP contribution >= 0.6 is 0 Å². The molecule has 28 heavy (non-hydrogen) atoms. The van der Waals surface area contributed by atoms with E-state index in [1.807, 2.05) is 32.2 Å². The molecule has 3 heterocycles. The highest BCUT2D eigenvalue weighted by Crippen LogP contribution is 2.42. The summed E-state index contributed by atoms with van der Waals surface area (Å²) < 4.78 is 1.73. The molecule has 1 aliphatic heterocycles. The van der Waals surface area contributed by atoms with Crippen LogP contribution in [0.15, 0.2) is 24.5 Å². The van der Waals surface area contributed by atoms with Crippen molar-refractivity contribution >= 4 is 17.3 Å². The third-order valence-corrected chi connectivity index (χ3v) is 5.91. The third kappa shape index (κ3) is 2.15. The van der Waals surface area contributed by atoms with Crippen molar-refractivity contribution in [3.05, 3.63) is 52.9 Å². The van der Waals surface area contributed by atoms with Crippen LogP contribution < -0.4 is 4.68 Å². The molecular weight excluding hydrogens is 354 g/mol. The van der Waals surface area contributed by atoms with Gasteiger partial charge in [-0.25, -0.2) is 6.57 Å². The van der Waals surface area contributed by atoms with E-state index in [1.54, 1.807) is 15.8 Å². The number of carbonyl (C=O) groups is 2. The molecule has 0 saturated carbocycles. The SMILES string of the molecule is [C-]#[N+]C1CN(C(=O)C(C(C)C)[n+]2[nH]cc3c2C(=O)C2=CCc4nccc-3c42)C1. The summed E-state index contributed by atoms with van der Waals surface area (Å²) in [5.41, 5.74) is 4.90. The average Bonchev–Trinajstić information content (AvgIpc) is 3.24. The van der Waals surface area contributed by atoms with E-state index in [4.69, 9.17) is 6.57 Å². The molecule has 3 aliphatic rings. The fraction of sp³-hybridized carbons (Fsp3) is 0.381. The van der Waals surface area contributed by atoms with Crippen molar-refractivity contribution in [3.8, 4) is 11.1 Å². The lowest BCUT2D eigenvalue weighted by Crippen LogP contribution is -2.61. The van der Waals surface area contributed by atoms with Crippen LogP contribution in [0.4, 0.5) is 0 Å². The predicted octanol–water partition coefficient (Wildman–Crippen LogP) is 1.83. The van der Waals surface area contributed by atoms with Crippen LogP contribution in [0.1, 0.15) is 41.6 Å². The molecule has 2 aromatic heterocycles. The zero-order chi connectivity index (χ0) is 19.6. The topological polar surface area (TPSA) is 74.3 Å². The fourth-order valence-corrected chi connectivity index (χ4v) is 4.47. The molecule has 0 aromatic carbocycles.